The molecule has 1 aromatic heterocycles. The maximum Gasteiger partial charge on any atom is 0.302 e. The lowest BCUT2D eigenvalue weighted by Crippen LogP contribution is -1.99. The van der Waals surface area contributed by atoms with Gasteiger partial charge in [0.2, 0.25) is 17.2 Å². The van der Waals surface area contributed by atoms with Crippen molar-refractivity contribution in [1.29, 1.82) is 0 Å². The minimum atomic E-state index is -5.06. The van der Waals surface area contributed by atoms with Crippen molar-refractivity contribution < 1.29 is 38.5 Å². The monoisotopic (exact) mass is 317 g/mol. The van der Waals surface area contributed by atoms with Crippen molar-refractivity contribution in [3.63, 3.8) is 0 Å². The molecule has 0 amide bonds. The van der Waals surface area contributed by atoms with Crippen LogP contribution < -0.4 is 0 Å². The van der Waals surface area contributed by atoms with E-state index in [0.29, 0.717) is 0 Å². The van der Waals surface area contributed by atoms with Crippen LogP contribution in [0.5, 0.6) is 28.7 Å². The fourth-order valence-electron chi connectivity index (χ4n) is 1.22. The third-order valence-corrected chi connectivity index (χ3v) is 3.05. The zero-order chi connectivity index (χ0) is 16.2. The summed E-state index contributed by atoms with van der Waals surface area (Å²) in [4.78, 5) is 2.29. The molecule has 0 saturated carbocycles. The van der Waals surface area contributed by atoms with Gasteiger partial charge in [-0.3, -0.25) is 9.54 Å². The van der Waals surface area contributed by atoms with E-state index in [1.54, 1.807) is 12.4 Å². The fourth-order valence-corrected chi connectivity index (χ4v) is 1.90. The zero-order valence-electron chi connectivity index (χ0n) is 10.2. The maximum atomic E-state index is 10.6. The number of aromatic hydroxyl groups is 5. The smallest absolute Gasteiger partial charge is 0.302 e. The minimum Gasteiger partial charge on any atom is -0.503 e. The van der Waals surface area contributed by atoms with E-state index < -0.39 is 43.8 Å². The van der Waals surface area contributed by atoms with Gasteiger partial charge in [0, 0.05) is 12.4 Å². The average molecular weight is 317 g/mol. The number of benzene rings is 1. The van der Waals surface area contributed by atoms with E-state index in [4.69, 9.17) is 30.1 Å². The third kappa shape index (κ3) is 3.64. The number of phenolic OH excluding ortho intramolecular Hbond substituents is 5. The lowest BCUT2D eigenvalue weighted by molar-refractivity contribution is 0.315. The Balaban J connectivity index is 0.000000304. The Kier molecular flexibility index (Phi) is 4.79. The summed E-state index contributed by atoms with van der Waals surface area (Å²) in [5, 5.41) is 44.7. The third-order valence-electron chi connectivity index (χ3n) is 2.15. The second-order valence-corrected chi connectivity index (χ2v) is 4.93. The lowest BCUT2D eigenvalue weighted by Gasteiger charge is -2.09. The molecule has 1 aromatic carbocycles. The molecule has 2 aromatic rings. The number of aromatic nitrogens is 1. The van der Waals surface area contributed by atoms with E-state index in [1.807, 2.05) is 18.2 Å². The molecule has 0 radical (unpaired) electrons. The second kappa shape index (κ2) is 6.15. The molecule has 1 heterocycles. The van der Waals surface area contributed by atoms with Crippen molar-refractivity contribution in [2.24, 2.45) is 0 Å². The summed E-state index contributed by atoms with van der Waals surface area (Å²) >= 11 is 0. The Morgan fingerprint density at radius 3 is 1.33 bits per heavy atom. The van der Waals surface area contributed by atoms with Gasteiger partial charge < -0.3 is 25.5 Å². The molecule has 114 valence electrons. The van der Waals surface area contributed by atoms with Gasteiger partial charge in [-0.1, -0.05) is 6.07 Å². The number of hydrogen-bond donors (Lipinski definition) is 6. The van der Waals surface area contributed by atoms with Gasteiger partial charge in [0.25, 0.3) is 0 Å². The first-order valence-corrected chi connectivity index (χ1v) is 6.63. The number of nitrogens with zero attached hydrogens (tertiary/aromatic N) is 1. The van der Waals surface area contributed by atoms with Crippen LogP contribution in [0, 0.1) is 0 Å². The van der Waals surface area contributed by atoms with Crippen LogP contribution in [0.25, 0.3) is 0 Å². The highest BCUT2D eigenvalue weighted by molar-refractivity contribution is 7.86. The van der Waals surface area contributed by atoms with Gasteiger partial charge in [-0.2, -0.15) is 8.42 Å². The summed E-state index contributed by atoms with van der Waals surface area (Å²) in [5.41, 5.74) is 0. The van der Waals surface area contributed by atoms with Gasteiger partial charge in [0.15, 0.2) is 16.4 Å². The molecule has 0 aliphatic rings. The largest absolute Gasteiger partial charge is 0.503 e. The van der Waals surface area contributed by atoms with Crippen molar-refractivity contribution in [1.82, 2.24) is 4.98 Å². The van der Waals surface area contributed by atoms with Crippen LogP contribution in [-0.4, -0.2) is 43.5 Å². The Bertz CT molecular complexity index is 674. The van der Waals surface area contributed by atoms with Crippen LogP contribution in [-0.2, 0) is 10.1 Å². The summed E-state index contributed by atoms with van der Waals surface area (Å²) in [6.45, 7) is 0. The molecule has 21 heavy (non-hydrogen) atoms. The molecule has 9 nitrogen and oxygen atoms in total. The standard InChI is InChI=1S/C6H6O8S.C5H5N/c7-1-2(8)4(10)6(15(12,13)14)5(11)3(1)9;1-2-4-6-5-3-1/h7-11H,(H,12,13,14);1-5H. The molecule has 6 N–H and O–H groups in total. The van der Waals surface area contributed by atoms with Gasteiger partial charge >= 0.3 is 10.1 Å². The molecule has 10 heteroatoms. The number of pyridine rings is 1. The molecule has 0 aliphatic heterocycles. The summed E-state index contributed by atoms with van der Waals surface area (Å²) in [5.74, 6) is -7.00. The van der Waals surface area contributed by atoms with Gasteiger partial charge in [-0.25, -0.2) is 0 Å². The minimum absolute atomic E-state index is 1.31. The molecule has 0 saturated heterocycles. The van der Waals surface area contributed by atoms with Gasteiger partial charge in [-0.05, 0) is 12.1 Å². The topological polar surface area (TPSA) is 168 Å². The van der Waals surface area contributed by atoms with Crippen molar-refractivity contribution in [3.8, 4) is 28.7 Å². The van der Waals surface area contributed by atoms with E-state index in [1.165, 1.54) is 0 Å². The van der Waals surface area contributed by atoms with E-state index in [-0.39, 0.29) is 0 Å². The predicted octanol–water partition coefficient (Wildman–Crippen LogP) is 0.543. The molecule has 0 spiro atoms. The fraction of sp³-hybridized carbons (Fsp3) is 0. The number of phenols is 5. The molecule has 0 bridgehead atoms. The van der Waals surface area contributed by atoms with Crippen LogP contribution in [0.3, 0.4) is 0 Å². The summed E-state index contributed by atoms with van der Waals surface area (Å²) in [6, 6.07) is 5.72. The van der Waals surface area contributed by atoms with Crippen LogP contribution >= 0.6 is 0 Å². The first kappa shape index (κ1) is 16.3. The zero-order valence-corrected chi connectivity index (χ0v) is 11.1. The normalized spacial score (nSPS) is 10.5. The Hall–Kier alpha value is -2.72. The molecule has 2 rings (SSSR count). The molecule has 0 atom stereocenters. The lowest BCUT2D eigenvalue weighted by atomic mass is 10.2. The van der Waals surface area contributed by atoms with Crippen LogP contribution in [0.15, 0.2) is 35.5 Å². The first-order valence-electron chi connectivity index (χ1n) is 5.19. The van der Waals surface area contributed by atoms with Gasteiger partial charge in [0.1, 0.15) is 0 Å². The SMILES string of the molecule is O=S(=O)(O)c1c(O)c(O)c(O)c(O)c1O.c1ccncc1. The Morgan fingerprint density at radius 2 is 1.10 bits per heavy atom. The van der Waals surface area contributed by atoms with Gasteiger partial charge in [-0.15, -0.1) is 0 Å². The van der Waals surface area contributed by atoms with Crippen molar-refractivity contribution in [3.05, 3.63) is 30.6 Å². The van der Waals surface area contributed by atoms with Gasteiger partial charge in [0.05, 0.1) is 0 Å². The van der Waals surface area contributed by atoms with E-state index >= 15 is 0 Å². The highest BCUT2D eigenvalue weighted by Gasteiger charge is 2.30. The van der Waals surface area contributed by atoms with Crippen LogP contribution in [0.1, 0.15) is 0 Å². The first-order chi connectivity index (χ1) is 9.68. The summed E-state index contributed by atoms with van der Waals surface area (Å²) < 4.78 is 29.8. The highest BCUT2D eigenvalue weighted by atomic mass is 32.2. The Morgan fingerprint density at radius 1 is 0.714 bits per heavy atom. The molecular formula is C11H11NO8S. The molecule has 0 fully saturated rings. The van der Waals surface area contributed by atoms with E-state index in [9.17, 15) is 8.42 Å². The van der Waals surface area contributed by atoms with E-state index in [0.717, 1.165) is 0 Å². The van der Waals surface area contributed by atoms with Crippen molar-refractivity contribution in [2.45, 2.75) is 4.90 Å². The summed E-state index contributed by atoms with van der Waals surface area (Å²) in [7, 11) is -5.06. The quantitative estimate of drug-likeness (QED) is 0.250. The number of rotatable bonds is 1. The highest BCUT2D eigenvalue weighted by Crippen LogP contribution is 2.52. The van der Waals surface area contributed by atoms with Crippen molar-refractivity contribution in [2.75, 3.05) is 0 Å². The van der Waals surface area contributed by atoms with Crippen molar-refractivity contribution >= 4 is 10.1 Å². The van der Waals surface area contributed by atoms with Crippen LogP contribution in [0.4, 0.5) is 0 Å². The van der Waals surface area contributed by atoms with E-state index in [2.05, 4.69) is 4.98 Å². The summed E-state index contributed by atoms with van der Waals surface area (Å²) in [6.07, 6.45) is 3.50. The average Bonchev–Trinajstić information content (AvgIpc) is 2.44. The molecular weight excluding hydrogens is 306 g/mol. The predicted molar refractivity (Wildman–Crippen MR) is 68.8 cm³/mol. The number of hydrogen-bond acceptors (Lipinski definition) is 8. The second-order valence-electron chi connectivity index (χ2n) is 3.57. The molecule has 0 unspecified atom stereocenters. The maximum absolute atomic E-state index is 10.6. The van der Waals surface area contributed by atoms with Crippen LogP contribution in [0.2, 0.25) is 0 Å². The molecule has 0 aliphatic carbocycles. The Labute approximate surface area is 118 Å².